The van der Waals surface area contributed by atoms with Crippen LogP contribution in [-0.2, 0) is 16.4 Å². The van der Waals surface area contributed by atoms with Gasteiger partial charge < -0.3 is 4.57 Å². The summed E-state index contributed by atoms with van der Waals surface area (Å²) in [5, 5.41) is -0.0463. The molecule has 0 N–H and O–H groups in total. The van der Waals surface area contributed by atoms with Crippen molar-refractivity contribution in [3.05, 3.63) is 29.0 Å². The van der Waals surface area contributed by atoms with Crippen LogP contribution in [-0.4, -0.2) is 29.0 Å². The summed E-state index contributed by atoms with van der Waals surface area (Å²) in [4.78, 5) is 4.52. The molecule has 7 heteroatoms. The highest BCUT2D eigenvalue weighted by molar-refractivity contribution is 7.92. The van der Waals surface area contributed by atoms with Crippen molar-refractivity contribution < 1.29 is 8.42 Å². The van der Waals surface area contributed by atoms with E-state index >= 15 is 0 Å². The first-order valence-corrected chi connectivity index (χ1v) is 9.43. The normalized spacial score (nSPS) is 22.7. The maximum atomic E-state index is 12.1. The lowest BCUT2D eigenvalue weighted by Gasteiger charge is -2.15. The minimum absolute atomic E-state index is 0.275. The van der Waals surface area contributed by atoms with Gasteiger partial charge in [0.15, 0.2) is 9.84 Å². The maximum Gasteiger partial charge on any atom is 0.154 e. The Morgan fingerprint density at radius 2 is 2.24 bits per heavy atom. The van der Waals surface area contributed by atoms with Gasteiger partial charge in [-0.1, -0.05) is 11.6 Å². The molecule has 1 fully saturated rings. The molecule has 21 heavy (non-hydrogen) atoms. The van der Waals surface area contributed by atoms with Crippen molar-refractivity contribution in [1.29, 1.82) is 0 Å². The number of nitrogens with zero attached hydrogens (tertiary/aromatic N) is 2. The van der Waals surface area contributed by atoms with Crippen LogP contribution in [0.1, 0.15) is 31.0 Å². The van der Waals surface area contributed by atoms with Crippen LogP contribution < -0.4 is 0 Å². The first kappa shape index (κ1) is 15.1. The molecule has 3 rings (SSSR count). The molecule has 0 radical (unpaired) electrons. The molecular weight excluding hydrogens is 331 g/mol. The summed E-state index contributed by atoms with van der Waals surface area (Å²) < 4.78 is 26.1. The fourth-order valence-electron chi connectivity index (χ4n) is 2.88. The average Bonchev–Trinajstić information content (AvgIpc) is 2.91. The van der Waals surface area contributed by atoms with Gasteiger partial charge in [0, 0.05) is 11.6 Å². The highest BCUT2D eigenvalue weighted by Gasteiger charge is 2.32. The van der Waals surface area contributed by atoms with E-state index in [2.05, 4.69) is 4.98 Å². The van der Waals surface area contributed by atoms with Gasteiger partial charge in [0.25, 0.3) is 0 Å². The largest absolute Gasteiger partial charge is 0.325 e. The predicted octanol–water partition coefficient (Wildman–Crippen LogP) is 3.57. The molecule has 1 aliphatic heterocycles. The van der Waals surface area contributed by atoms with E-state index in [1.807, 2.05) is 23.6 Å². The van der Waals surface area contributed by atoms with E-state index in [0.717, 1.165) is 17.5 Å². The zero-order valence-corrected chi connectivity index (χ0v) is 13.9. The van der Waals surface area contributed by atoms with Crippen LogP contribution in [0.25, 0.3) is 11.0 Å². The van der Waals surface area contributed by atoms with E-state index in [4.69, 9.17) is 23.2 Å². The molecule has 0 aliphatic carbocycles. The Kier molecular flexibility index (Phi) is 3.93. The second kappa shape index (κ2) is 5.45. The van der Waals surface area contributed by atoms with Crippen molar-refractivity contribution in [3.8, 4) is 0 Å². The maximum absolute atomic E-state index is 12.1. The van der Waals surface area contributed by atoms with Gasteiger partial charge in [0.2, 0.25) is 0 Å². The highest BCUT2D eigenvalue weighted by Crippen LogP contribution is 2.29. The van der Waals surface area contributed by atoms with E-state index in [9.17, 15) is 8.42 Å². The number of hydrogen-bond acceptors (Lipinski definition) is 3. The van der Waals surface area contributed by atoms with Crippen molar-refractivity contribution >= 4 is 44.1 Å². The van der Waals surface area contributed by atoms with E-state index in [1.165, 1.54) is 0 Å². The zero-order valence-electron chi connectivity index (χ0n) is 11.6. The van der Waals surface area contributed by atoms with Gasteiger partial charge in [-0.25, -0.2) is 13.4 Å². The molecule has 0 spiro atoms. The average molecular weight is 347 g/mol. The molecule has 1 aliphatic rings. The molecule has 2 aromatic rings. The van der Waals surface area contributed by atoms with Gasteiger partial charge in [-0.3, -0.25) is 0 Å². The quantitative estimate of drug-likeness (QED) is 0.798. The fraction of sp³-hybridized carbons (Fsp3) is 0.500. The summed E-state index contributed by atoms with van der Waals surface area (Å²) >= 11 is 12.3. The second-order valence-corrected chi connectivity index (χ2v) is 8.95. The lowest BCUT2D eigenvalue weighted by molar-refractivity contribution is 0.562. The number of fused-ring (bicyclic) bond motifs is 1. The SMILES string of the molecule is CC(Cl)c1nc2ccc(Cl)cc2n1CC1CCCS1(=O)=O. The Labute approximate surface area is 134 Å². The van der Waals surface area contributed by atoms with Gasteiger partial charge in [-0.2, -0.15) is 0 Å². The standard InChI is InChI=1S/C14H16Cl2N2O2S/c1-9(15)14-17-12-5-4-10(16)7-13(12)18(14)8-11-3-2-6-21(11,19)20/h4-5,7,9,11H,2-3,6,8H2,1H3. The van der Waals surface area contributed by atoms with Crippen LogP contribution in [0.3, 0.4) is 0 Å². The van der Waals surface area contributed by atoms with Crippen LogP contribution in [0.4, 0.5) is 0 Å². The molecule has 114 valence electrons. The molecule has 0 saturated carbocycles. The van der Waals surface area contributed by atoms with Crippen molar-refractivity contribution in [3.63, 3.8) is 0 Å². The second-order valence-electron chi connectivity index (χ2n) is 5.46. The first-order chi connectivity index (χ1) is 9.88. The number of halogens is 2. The summed E-state index contributed by atoms with van der Waals surface area (Å²) in [6.45, 7) is 2.23. The molecule has 1 saturated heterocycles. The number of sulfone groups is 1. The summed E-state index contributed by atoms with van der Waals surface area (Å²) in [5.41, 5.74) is 1.63. The third-order valence-corrected chi connectivity index (χ3v) is 6.63. The Hall–Kier alpha value is -0.780. The number of benzene rings is 1. The summed E-state index contributed by atoms with van der Waals surface area (Å²) in [6, 6.07) is 5.42. The minimum atomic E-state index is -3.01. The zero-order chi connectivity index (χ0) is 15.2. The number of hydrogen-bond donors (Lipinski definition) is 0. The van der Waals surface area contributed by atoms with Gasteiger partial charge in [0.05, 0.1) is 27.4 Å². The topological polar surface area (TPSA) is 52.0 Å². The van der Waals surface area contributed by atoms with E-state index in [1.54, 1.807) is 6.07 Å². The van der Waals surface area contributed by atoms with Crippen LogP contribution in [0.5, 0.6) is 0 Å². The number of imidazole rings is 1. The van der Waals surface area contributed by atoms with E-state index < -0.39 is 9.84 Å². The Morgan fingerprint density at radius 1 is 1.48 bits per heavy atom. The Balaban J connectivity index is 2.11. The predicted molar refractivity (Wildman–Crippen MR) is 85.8 cm³/mol. The van der Waals surface area contributed by atoms with Crippen molar-refractivity contribution in [2.75, 3.05) is 5.75 Å². The summed E-state index contributed by atoms with van der Waals surface area (Å²) in [5.74, 6) is 0.965. The van der Waals surface area contributed by atoms with Crippen molar-refractivity contribution in [1.82, 2.24) is 9.55 Å². The molecule has 1 aromatic carbocycles. The lowest BCUT2D eigenvalue weighted by Crippen LogP contribution is -2.23. The molecule has 2 heterocycles. The van der Waals surface area contributed by atoms with Crippen LogP contribution in [0, 0.1) is 0 Å². The minimum Gasteiger partial charge on any atom is -0.325 e. The number of rotatable bonds is 3. The molecule has 0 amide bonds. The van der Waals surface area contributed by atoms with Crippen LogP contribution in [0.15, 0.2) is 18.2 Å². The lowest BCUT2D eigenvalue weighted by atomic mass is 10.2. The monoisotopic (exact) mass is 346 g/mol. The molecule has 2 atom stereocenters. The van der Waals surface area contributed by atoms with Gasteiger partial charge in [0.1, 0.15) is 5.82 Å². The molecule has 2 unspecified atom stereocenters. The van der Waals surface area contributed by atoms with Crippen LogP contribution in [0.2, 0.25) is 5.02 Å². The third-order valence-electron chi connectivity index (χ3n) is 3.94. The Morgan fingerprint density at radius 3 is 2.86 bits per heavy atom. The highest BCUT2D eigenvalue weighted by atomic mass is 35.5. The first-order valence-electron chi connectivity index (χ1n) is 6.90. The van der Waals surface area contributed by atoms with E-state index in [-0.39, 0.29) is 16.4 Å². The number of aromatic nitrogens is 2. The Bertz CT molecular complexity index is 784. The molecule has 4 nitrogen and oxygen atoms in total. The van der Waals surface area contributed by atoms with Crippen molar-refractivity contribution in [2.24, 2.45) is 0 Å². The fourth-order valence-corrected chi connectivity index (χ4v) is 5.01. The third kappa shape index (κ3) is 2.79. The van der Waals surface area contributed by atoms with Gasteiger partial charge in [-0.15, -0.1) is 11.6 Å². The van der Waals surface area contributed by atoms with Gasteiger partial charge in [-0.05, 0) is 38.0 Å². The van der Waals surface area contributed by atoms with Gasteiger partial charge >= 0.3 is 0 Å². The van der Waals surface area contributed by atoms with E-state index in [0.29, 0.717) is 23.8 Å². The van der Waals surface area contributed by atoms with Crippen LogP contribution >= 0.6 is 23.2 Å². The summed E-state index contributed by atoms with van der Waals surface area (Å²) in [7, 11) is -3.01. The molecule has 0 bridgehead atoms. The summed E-state index contributed by atoms with van der Waals surface area (Å²) in [6.07, 6.45) is 1.42. The number of alkyl halides is 1. The molecular formula is C14H16Cl2N2O2S. The molecule has 1 aromatic heterocycles. The van der Waals surface area contributed by atoms with Crippen molar-refractivity contribution in [2.45, 2.75) is 36.9 Å². The smallest absolute Gasteiger partial charge is 0.154 e.